The van der Waals surface area contributed by atoms with Crippen molar-refractivity contribution in [1.29, 1.82) is 0 Å². The van der Waals surface area contributed by atoms with Crippen LogP contribution in [0.4, 0.5) is 10.1 Å². The number of methoxy groups -OCH3 is 1. The molecule has 0 spiro atoms. The molecule has 1 aliphatic rings. The highest BCUT2D eigenvalue weighted by Gasteiger charge is 2.27. The molecule has 0 bridgehead atoms. The Morgan fingerprint density at radius 3 is 2.77 bits per heavy atom. The van der Waals surface area contributed by atoms with E-state index in [1.165, 1.54) is 7.11 Å². The van der Waals surface area contributed by atoms with Crippen LogP contribution >= 0.6 is 0 Å². The van der Waals surface area contributed by atoms with E-state index >= 15 is 0 Å². The predicted octanol–water partition coefficient (Wildman–Crippen LogP) is 1.12. The lowest BCUT2D eigenvalue weighted by atomic mass is 10.1. The number of carbonyl (C=O) groups is 2. The van der Waals surface area contributed by atoms with E-state index in [1.807, 2.05) is 10.8 Å². The molecule has 1 fully saturated rings. The summed E-state index contributed by atoms with van der Waals surface area (Å²) in [5.74, 6) is -2.75. The summed E-state index contributed by atoms with van der Waals surface area (Å²) in [7, 11) is 1.26. The van der Waals surface area contributed by atoms with Gasteiger partial charge in [0.05, 0.1) is 30.9 Å². The van der Waals surface area contributed by atoms with Crippen LogP contribution in [0.15, 0.2) is 30.9 Å². The van der Waals surface area contributed by atoms with E-state index < -0.39 is 23.7 Å². The number of amides is 1. The number of aromatic nitrogens is 2. The Morgan fingerprint density at radius 2 is 2.19 bits per heavy atom. The van der Waals surface area contributed by atoms with Crippen molar-refractivity contribution in [3.05, 3.63) is 42.2 Å². The van der Waals surface area contributed by atoms with Gasteiger partial charge in [0.15, 0.2) is 11.6 Å². The van der Waals surface area contributed by atoms with Gasteiger partial charge in [-0.2, -0.15) is 0 Å². The third kappa shape index (κ3) is 3.65. The normalized spacial score (nSPS) is 19.8. The fourth-order valence-electron chi connectivity index (χ4n) is 2.75. The van der Waals surface area contributed by atoms with Crippen LogP contribution in [0.3, 0.4) is 0 Å². The van der Waals surface area contributed by atoms with Crippen LogP contribution in [0.1, 0.15) is 29.4 Å². The lowest BCUT2D eigenvalue weighted by Crippen LogP contribution is -2.54. The van der Waals surface area contributed by atoms with Crippen LogP contribution in [-0.4, -0.2) is 39.7 Å². The summed E-state index contributed by atoms with van der Waals surface area (Å²) in [6.45, 7) is 0. The molecule has 0 radical (unpaired) electrons. The van der Waals surface area contributed by atoms with E-state index in [9.17, 15) is 19.1 Å². The third-order valence-electron chi connectivity index (χ3n) is 4.13. The second kappa shape index (κ2) is 7.50. The molecule has 3 rings (SSSR count). The molecule has 1 amide bonds. The number of nitrogens with zero attached hydrogens (tertiary/aromatic N) is 2. The number of hydrogen-bond donors (Lipinski definition) is 4. The van der Waals surface area contributed by atoms with Gasteiger partial charge in [-0.05, 0) is 18.9 Å². The maximum Gasteiger partial charge on any atom is 0.337 e. The van der Waals surface area contributed by atoms with Crippen molar-refractivity contribution >= 4 is 17.6 Å². The first kappa shape index (κ1) is 17.8. The van der Waals surface area contributed by atoms with Crippen LogP contribution in [0, 0.1) is 5.82 Å². The second-order valence-corrected chi connectivity index (χ2v) is 5.77. The Bertz CT molecular complexity index is 803. The van der Waals surface area contributed by atoms with Gasteiger partial charge in [-0.1, -0.05) is 0 Å². The molecular formula is C16H18FN5O4. The molecule has 1 aliphatic heterocycles. The first-order chi connectivity index (χ1) is 12.5. The predicted molar refractivity (Wildman–Crippen MR) is 89.1 cm³/mol. The van der Waals surface area contributed by atoms with Gasteiger partial charge in [-0.3, -0.25) is 4.79 Å². The number of aromatic carboxylic acids is 1. The van der Waals surface area contributed by atoms with Gasteiger partial charge >= 0.3 is 5.97 Å². The van der Waals surface area contributed by atoms with E-state index in [1.54, 1.807) is 12.5 Å². The molecule has 1 aromatic carbocycles. The smallest absolute Gasteiger partial charge is 0.337 e. The minimum absolute atomic E-state index is 0.0284. The largest absolute Gasteiger partial charge is 0.494 e. The summed E-state index contributed by atoms with van der Waals surface area (Å²) in [5.41, 5.74) is 5.54. The Kier molecular flexibility index (Phi) is 5.14. The summed E-state index contributed by atoms with van der Waals surface area (Å²) in [5, 5.41) is 11.7. The summed E-state index contributed by atoms with van der Waals surface area (Å²) in [4.78, 5) is 27.7. The molecule has 26 heavy (non-hydrogen) atoms. The fraction of sp³-hybridized carbons (Fsp3) is 0.312. The molecule has 1 saturated heterocycles. The number of hydrazine groups is 1. The van der Waals surface area contributed by atoms with Crippen LogP contribution in [-0.2, 0) is 4.79 Å². The van der Waals surface area contributed by atoms with E-state index in [-0.39, 0.29) is 23.2 Å². The van der Waals surface area contributed by atoms with Gasteiger partial charge in [-0.25, -0.2) is 25.0 Å². The number of imidazole rings is 1. The maximum atomic E-state index is 13.7. The number of carbonyl (C=O) groups excluding carboxylic acids is 1. The van der Waals surface area contributed by atoms with E-state index in [0.717, 1.165) is 12.1 Å². The van der Waals surface area contributed by atoms with E-state index in [2.05, 4.69) is 21.2 Å². The van der Waals surface area contributed by atoms with Crippen molar-refractivity contribution < 1.29 is 23.8 Å². The van der Waals surface area contributed by atoms with Gasteiger partial charge < -0.3 is 19.7 Å². The highest BCUT2D eigenvalue weighted by atomic mass is 19.1. The number of rotatable bonds is 5. The molecule has 2 unspecified atom stereocenters. The topological polar surface area (TPSA) is 118 Å². The molecule has 2 atom stereocenters. The number of anilines is 1. The SMILES string of the molecule is COc1cc(NC(=O)C2CCC(n3ccnc3)NN2)c(C(=O)O)cc1F. The van der Waals surface area contributed by atoms with Gasteiger partial charge in [0, 0.05) is 18.5 Å². The first-order valence-electron chi connectivity index (χ1n) is 7.89. The lowest BCUT2D eigenvalue weighted by molar-refractivity contribution is -0.119. The highest BCUT2D eigenvalue weighted by molar-refractivity contribution is 6.02. The molecule has 138 valence electrons. The molecule has 2 heterocycles. The number of carboxylic acid groups (broad SMARTS) is 1. The van der Waals surface area contributed by atoms with Crippen LogP contribution in [0.25, 0.3) is 0 Å². The van der Waals surface area contributed by atoms with Crippen LogP contribution in [0.5, 0.6) is 5.75 Å². The van der Waals surface area contributed by atoms with Crippen LogP contribution < -0.4 is 20.9 Å². The van der Waals surface area contributed by atoms with Crippen molar-refractivity contribution in [3.8, 4) is 5.75 Å². The molecule has 0 aliphatic carbocycles. The lowest BCUT2D eigenvalue weighted by Gasteiger charge is -2.31. The summed E-state index contributed by atoms with van der Waals surface area (Å²) >= 11 is 0. The molecule has 2 aromatic rings. The number of ether oxygens (including phenoxy) is 1. The zero-order valence-electron chi connectivity index (χ0n) is 13.9. The van der Waals surface area contributed by atoms with Gasteiger partial charge in [-0.15, -0.1) is 0 Å². The maximum absolute atomic E-state index is 13.7. The summed E-state index contributed by atoms with van der Waals surface area (Å²) in [6, 6.07) is 1.40. The number of halogens is 1. The zero-order valence-corrected chi connectivity index (χ0v) is 13.9. The van der Waals surface area contributed by atoms with Gasteiger partial charge in [0.25, 0.3) is 0 Å². The summed E-state index contributed by atoms with van der Waals surface area (Å²) < 4.78 is 20.4. The van der Waals surface area contributed by atoms with Crippen LogP contribution in [0.2, 0.25) is 0 Å². The fourth-order valence-corrected chi connectivity index (χ4v) is 2.75. The molecule has 4 N–H and O–H groups in total. The highest BCUT2D eigenvalue weighted by Crippen LogP contribution is 2.27. The number of carboxylic acids is 1. The van der Waals surface area contributed by atoms with Gasteiger partial charge in [0.1, 0.15) is 6.04 Å². The van der Waals surface area contributed by atoms with Crippen molar-refractivity contribution in [1.82, 2.24) is 20.4 Å². The number of nitrogens with one attached hydrogen (secondary N) is 3. The Labute approximate surface area is 148 Å². The molecular weight excluding hydrogens is 345 g/mol. The van der Waals surface area contributed by atoms with Crippen molar-refractivity contribution in [2.24, 2.45) is 0 Å². The number of hydrogen-bond acceptors (Lipinski definition) is 6. The first-order valence-corrected chi connectivity index (χ1v) is 7.89. The second-order valence-electron chi connectivity index (χ2n) is 5.77. The molecule has 9 nitrogen and oxygen atoms in total. The van der Waals surface area contributed by atoms with Crippen molar-refractivity contribution in [3.63, 3.8) is 0 Å². The van der Waals surface area contributed by atoms with Crippen molar-refractivity contribution in [2.75, 3.05) is 12.4 Å². The number of benzene rings is 1. The van der Waals surface area contributed by atoms with Gasteiger partial charge in [0.2, 0.25) is 5.91 Å². The Morgan fingerprint density at radius 1 is 1.38 bits per heavy atom. The standard InChI is InChI=1S/C16H18FN5O4/c1-26-13-7-12(9(16(24)25)6-10(13)17)19-15(23)11-2-3-14(21-20-11)22-5-4-18-8-22/h4-8,11,14,20-21H,2-3H2,1H3,(H,19,23)(H,24,25). The molecule has 0 saturated carbocycles. The van der Waals surface area contributed by atoms with E-state index in [4.69, 9.17) is 4.74 Å². The monoisotopic (exact) mass is 363 g/mol. The minimum Gasteiger partial charge on any atom is -0.494 e. The van der Waals surface area contributed by atoms with E-state index in [0.29, 0.717) is 12.8 Å². The summed E-state index contributed by atoms with van der Waals surface area (Å²) in [6.07, 6.45) is 6.29. The average molecular weight is 363 g/mol. The molecule has 1 aromatic heterocycles. The zero-order chi connectivity index (χ0) is 18.7. The Hall–Kier alpha value is -2.98. The average Bonchev–Trinajstić information content (AvgIpc) is 3.17. The van der Waals surface area contributed by atoms with Crippen molar-refractivity contribution in [2.45, 2.75) is 25.0 Å². The molecule has 10 heteroatoms. The minimum atomic E-state index is -1.35. The third-order valence-corrected chi connectivity index (χ3v) is 4.13. The quantitative estimate of drug-likeness (QED) is 0.629. The Balaban J connectivity index is 1.69.